The Hall–Kier alpha value is -0.650. The lowest BCUT2D eigenvalue weighted by atomic mass is 10.1. The second kappa shape index (κ2) is 10.3. The van der Waals surface area contributed by atoms with Gasteiger partial charge in [-0.25, -0.2) is 0 Å². The van der Waals surface area contributed by atoms with Gasteiger partial charge in [0.05, 0.1) is 19.3 Å². The summed E-state index contributed by atoms with van der Waals surface area (Å²) in [5.41, 5.74) is 0. The first-order chi connectivity index (χ1) is 8.43. The monoisotopic (exact) mass is 260 g/mol. The van der Waals surface area contributed by atoms with E-state index >= 15 is 0 Å². The van der Waals surface area contributed by atoms with Crippen LogP contribution in [0.4, 0.5) is 0 Å². The van der Waals surface area contributed by atoms with Crippen LogP contribution >= 0.6 is 0 Å². The van der Waals surface area contributed by atoms with Crippen molar-refractivity contribution in [2.75, 3.05) is 40.4 Å². The number of ether oxygens (including phenoxy) is 1. The summed E-state index contributed by atoms with van der Waals surface area (Å²) in [6.45, 7) is 6.00. The van der Waals surface area contributed by atoms with E-state index in [1.165, 1.54) is 4.90 Å². The lowest BCUT2D eigenvalue weighted by molar-refractivity contribution is -0.127. The smallest absolute Gasteiger partial charge is 0.236 e. The Morgan fingerprint density at radius 3 is 2.61 bits per heavy atom. The van der Waals surface area contributed by atoms with Crippen LogP contribution in [0.3, 0.4) is 0 Å². The zero-order valence-electron chi connectivity index (χ0n) is 12.1. The summed E-state index contributed by atoms with van der Waals surface area (Å²) in [6, 6.07) is 0. The first-order valence-corrected chi connectivity index (χ1v) is 6.60. The van der Waals surface area contributed by atoms with Crippen LogP contribution in [0.5, 0.6) is 0 Å². The topological polar surface area (TPSA) is 61.8 Å². The molecule has 0 aliphatic rings. The number of hydrogen-bond donors (Lipinski definition) is 2. The first-order valence-electron chi connectivity index (χ1n) is 6.60. The molecule has 2 N–H and O–H groups in total. The van der Waals surface area contributed by atoms with Crippen molar-refractivity contribution in [2.24, 2.45) is 5.92 Å². The molecular weight excluding hydrogens is 232 g/mol. The second-order valence-electron chi connectivity index (χ2n) is 5.18. The molecule has 0 rings (SSSR count). The average molecular weight is 260 g/mol. The molecule has 0 spiro atoms. The Balaban J connectivity index is 3.37. The molecule has 0 aliphatic carbocycles. The quantitative estimate of drug-likeness (QED) is 0.561. The van der Waals surface area contributed by atoms with Gasteiger partial charge in [-0.3, -0.25) is 4.79 Å². The number of nitrogens with zero attached hydrogens (tertiary/aromatic N) is 1. The number of carbonyl (C=O) groups is 1. The number of aliphatic hydroxyl groups is 1. The Morgan fingerprint density at radius 2 is 2.06 bits per heavy atom. The van der Waals surface area contributed by atoms with E-state index in [1.807, 2.05) is 0 Å². The maximum Gasteiger partial charge on any atom is 0.236 e. The largest absolute Gasteiger partial charge is 0.389 e. The number of amides is 1. The highest BCUT2D eigenvalue weighted by Gasteiger charge is 2.07. The minimum atomic E-state index is -0.556. The minimum Gasteiger partial charge on any atom is -0.389 e. The Kier molecular flexibility index (Phi) is 9.92. The highest BCUT2D eigenvalue weighted by atomic mass is 16.5. The molecule has 1 amide bonds. The second-order valence-corrected chi connectivity index (χ2v) is 5.18. The third-order valence-electron chi connectivity index (χ3n) is 2.54. The molecule has 108 valence electrons. The van der Waals surface area contributed by atoms with E-state index in [0.717, 1.165) is 12.8 Å². The van der Waals surface area contributed by atoms with Crippen LogP contribution in [-0.4, -0.2) is 62.4 Å². The lowest BCUT2D eigenvalue weighted by Gasteiger charge is -2.14. The molecule has 5 heteroatoms. The van der Waals surface area contributed by atoms with Crippen LogP contribution in [0, 0.1) is 5.92 Å². The highest BCUT2D eigenvalue weighted by molar-refractivity contribution is 5.77. The molecule has 0 bridgehead atoms. The predicted molar refractivity (Wildman–Crippen MR) is 72.5 cm³/mol. The number of rotatable bonds is 10. The van der Waals surface area contributed by atoms with Crippen molar-refractivity contribution in [3.05, 3.63) is 0 Å². The van der Waals surface area contributed by atoms with Gasteiger partial charge in [-0.05, 0) is 18.8 Å². The van der Waals surface area contributed by atoms with Gasteiger partial charge in [-0.2, -0.15) is 0 Å². The third-order valence-corrected chi connectivity index (χ3v) is 2.54. The van der Waals surface area contributed by atoms with Crippen LogP contribution in [0.15, 0.2) is 0 Å². The molecule has 0 aromatic heterocycles. The summed E-state index contributed by atoms with van der Waals surface area (Å²) >= 11 is 0. The van der Waals surface area contributed by atoms with Crippen molar-refractivity contribution in [1.29, 1.82) is 0 Å². The number of carbonyl (C=O) groups excluding carboxylic acids is 1. The minimum absolute atomic E-state index is 0.0000479. The van der Waals surface area contributed by atoms with Crippen LogP contribution in [0.2, 0.25) is 0 Å². The van der Waals surface area contributed by atoms with Crippen molar-refractivity contribution in [1.82, 2.24) is 10.2 Å². The van der Waals surface area contributed by atoms with Gasteiger partial charge in [0.2, 0.25) is 5.91 Å². The maximum atomic E-state index is 11.2. The van der Waals surface area contributed by atoms with Gasteiger partial charge >= 0.3 is 0 Å². The zero-order chi connectivity index (χ0) is 14.0. The summed E-state index contributed by atoms with van der Waals surface area (Å²) in [5, 5.41) is 12.5. The van der Waals surface area contributed by atoms with E-state index in [4.69, 9.17) is 4.74 Å². The van der Waals surface area contributed by atoms with Gasteiger partial charge in [0.25, 0.3) is 0 Å². The molecule has 0 heterocycles. The Labute approximate surface area is 110 Å². The summed E-state index contributed by atoms with van der Waals surface area (Å²) in [4.78, 5) is 12.8. The van der Waals surface area contributed by atoms with Crippen molar-refractivity contribution in [3.8, 4) is 0 Å². The fourth-order valence-electron chi connectivity index (χ4n) is 1.38. The molecule has 0 saturated heterocycles. The van der Waals surface area contributed by atoms with E-state index in [-0.39, 0.29) is 12.5 Å². The molecule has 0 aliphatic heterocycles. The number of aliphatic hydroxyl groups excluding tert-OH is 1. The standard InChI is InChI=1S/C13H28N2O3/c1-11(2)6-5-7-18-10-12(16)8-14-9-13(17)15(3)4/h11-12,14,16H,5-10H2,1-4H3. The van der Waals surface area contributed by atoms with Crippen molar-refractivity contribution in [3.63, 3.8) is 0 Å². The number of hydrogen-bond acceptors (Lipinski definition) is 4. The summed E-state index contributed by atoms with van der Waals surface area (Å²) in [7, 11) is 3.41. The van der Waals surface area contributed by atoms with E-state index < -0.39 is 6.10 Å². The Morgan fingerprint density at radius 1 is 1.39 bits per heavy atom. The van der Waals surface area contributed by atoms with E-state index in [9.17, 15) is 9.90 Å². The van der Waals surface area contributed by atoms with Crippen molar-refractivity contribution < 1.29 is 14.6 Å². The van der Waals surface area contributed by atoms with Gasteiger partial charge in [0.15, 0.2) is 0 Å². The molecule has 0 aromatic rings. The van der Waals surface area contributed by atoms with Gasteiger partial charge in [-0.1, -0.05) is 13.8 Å². The van der Waals surface area contributed by atoms with Crippen molar-refractivity contribution >= 4 is 5.91 Å². The Bertz CT molecular complexity index is 220. The molecule has 0 fully saturated rings. The fraction of sp³-hybridized carbons (Fsp3) is 0.923. The van der Waals surface area contributed by atoms with Gasteiger partial charge in [0, 0.05) is 27.2 Å². The summed E-state index contributed by atoms with van der Waals surface area (Å²) in [6.07, 6.45) is 1.61. The van der Waals surface area contributed by atoms with Crippen LogP contribution < -0.4 is 5.32 Å². The molecule has 18 heavy (non-hydrogen) atoms. The van der Waals surface area contributed by atoms with Gasteiger partial charge < -0.3 is 20.1 Å². The lowest BCUT2D eigenvalue weighted by Crippen LogP contribution is -2.38. The maximum absolute atomic E-state index is 11.2. The SMILES string of the molecule is CC(C)CCCOCC(O)CNCC(=O)N(C)C. The normalized spacial score (nSPS) is 12.8. The predicted octanol–water partition coefficient (Wildman–Crippen LogP) is 0.478. The molecule has 0 aromatic carbocycles. The summed E-state index contributed by atoms with van der Waals surface area (Å²) < 4.78 is 5.37. The molecule has 0 saturated carbocycles. The number of nitrogens with one attached hydrogen (secondary N) is 1. The van der Waals surface area contributed by atoms with E-state index in [0.29, 0.717) is 25.7 Å². The molecule has 1 unspecified atom stereocenters. The van der Waals surface area contributed by atoms with Crippen molar-refractivity contribution in [2.45, 2.75) is 32.8 Å². The average Bonchev–Trinajstić information content (AvgIpc) is 2.27. The fourth-order valence-corrected chi connectivity index (χ4v) is 1.38. The van der Waals surface area contributed by atoms with E-state index in [1.54, 1.807) is 14.1 Å². The third kappa shape index (κ3) is 10.5. The zero-order valence-corrected chi connectivity index (χ0v) is 12.1. The molecular formula is C13H28N2O3. The first kappa shape index (κ1) is 17.4. The molecule has 5 nitrogen and oxygen atoms in total. The van der Waals surface area contributed by atoms with Gasteiger partial charge in [-0.15, -0.1) is 0 Å². The van der Waals surface area contributed by atoms with Crippen LogP contribution in [0.25, 0.3) is 0 Å². The van der Waals surface area contributed by atoms with E-state index in [2.05, 4.69) is 19.2 Å². The highest BCUT2D eigenvalue weighted by Crippen LogP contribution is 2.03. The molecule has 0 radical (unpaired) electrons. The number of likely N-dealkylation sites (N-methyl/N-ethyl adjacent to an activating group) is 1. The summed E-state index contributed by atoms with van der Waals surface area (Å²) in [5.74, 6) is 0.692. The van der Waals surface area contributed by atoms with Gasteiger partial charge in [0.1, 0.15) is 0 Å². The van der Waals surface area contributed by atoms with Crippen LogP contribution in [-0.2, 0) is 9.53 Å². The molecule has 1 atom stereocenters. The van der Waals surface area contributed by atoms with Crippen LogP contribution in [0.1, 0.15) is 26.7 Å².